The molecule has 1 atom stereocenters. The third kappa shape index (κ3) is 7.21. The molecule has 1 N–H and O–H groups in total. The number of nitrogens with zero attached hydrogens (tertiary/aromatic N) is 1. The number of carbonyl (C=O) groups excluding carboxylic acids is 2. The topological polar surface area (TPSA) is 49.4 Å². The van der Waals surface area contributed by atoms with E-state index in [9.17, 15) is 9.59 Å². The van der Waals surface area contributed by atoms with Crippen molar-refractivity contribution in [1.29, 1.82) is 0 Å². The lowest BCUT2D eigenvalue weighted by Gasteiger charge is -2.32. The lowest BCUT2D eigenvalue weighted by atomic mass is 10.0. The average molecular weight is 415 g/mol. The molecule has 0 aliphatic rings. The Morgan fingerprint density at radius 3 is 2.28 bits per heavy atom. The molecule has 2 aromatic carbocycles. The summed E-state index contributed by atoms with van der Waals surface area (Å²) < 4.78 is 0. The van der Waals surface area contributed by atoms with Crippen molar-refractivity contribution >= 4 is 23.4 Å². The van der Waals surface area contributed by atoms with Gasteiger partial charge in [0, 0.05) is 24.5 Å². The van der Waals surface area contributed by atoms with Gasteiger partial charge in [0.15, 0.2) is 0 Å². The summed E-state index contributed by atoms with van der Waals surface area (Å²) in [7, 11) is 0. The highest BCUT2D eigenvalue weighted by molar-refractivity contribution is 6.30. The van der Waals surface area contributed by atoms with Crippen molar-refractivity contribution in [3.05, 3.63) is 70.7 Å². The van der Waals surface area contributed by atoms with Crippen molar-refractivity contribution in [3.8, 4) is 0 Å². The monoisotopic (exact) mass is 414 g/mol. The highest BCUT2D eigenvalue weighted by Gasteiger charge is 2.30. The van der Waals surface area contributed by atoms with Crippen LogP contribution in [0.1, 0.15) is 57.2 Å². The van der Waals surface area contributed by atoms with E-state index in [1.54, 1.807) is 17.0 Å². The highest BCUT2D eigenvalue weighted by Crippen LogP contribution is 2.25. The van der Waals surface area contributed by atoms with E-state index in [1.807, 2.05) is 49.4 Å². The predicted octanol–water partition coefficient (Wildman–Crippen LogP) is 5.37. The van der Waals surface area contributed by atoms with Crippen molar-refractivity contribution in [2.24, 2.45) is 5.92 Å². The van der Waals surface area contributed by atoms with Crippen molar-refractivity contribution in [1.82, 2.24) is 10.2 Å². The van der Waals surface area contributed by atoms with Gasteiger partial charge in [-0.25, -0.2) is 0 Å². The van der Waals surface area contributed by atoms with Crippen LogP contribution in [0.3, 0.4) is 0 Å². The van der Waals surface area contributed by atoms with Gasteiger partial charge in [0.25, 0.3) is 0 Å². The summed E-state index contributed by atoms with van der Waals surface area (Å²) in [6.07, 6.45) is 2.02. The van der Waals surface area contributed by atoms with Crippen LogP contribution in [0.25, 0.3) is 0 Å². The zero-order valence-electron chi connectivity index (χ0n) is 17.5. The normalized spacial score (nSPS) is 11.9. The Morgan fingerprint density at radius 2 is 1.69 bits per heavy atom. The molecular weight excluding hydrogens is 384 g/mol. The first-order chi connectivity index (χ1) is 13.9. The van der Waals surface area contributed by atoms with Crippen LogP contribution >= 0.6 is 11.6 Å². The van der Waals surface area contributed by atoms with E-state index in [0.29, 0.717) is 30.5 Å². The molecule has 156 valence electrons. The lowest BCUT2D eigenvalue weighted by molar-refractivity contribution is -0.141. The van der Waals surface area contributed by atoms with Gasteiger partial charge in [0.05, 0.1) is 0 Å². The number of hydrogen-bond donors (Lipinski definition) is 1. The minimum atomic E-state index is -0.668. The van der Waals surface area contributed by atoms with Gasteiger partial charge >= 0.3 is 0 Å². The Morgan fingerprint density at radius 1 is 1.03 bits per heavy atom. The third-order valence-electron chi connectivity index (χ3n) is 4.75. The van der Waals surface area contributed by atoms with Gasteiger partial charge in [-0.1, -0.05) is 74.8 Å². The second-order valence-corrected chi connectivity index (χ2v) is 8.12. The summed E-state index contributed by atoms with van der Waals surface area (Å²) in [6.45, 7) is 7.17. The Balaban J connectivity index is 2.35. The second kappa shape index (κ2) is 11.6. The van der Waals surface area contributed by atoms with Crippen LogP contribution in [0, 0.1) is 5.92 Å². The van der Waals surface area contributed by atoms with Crippen LogP contribution in [0.5, 0.6) is 0 Å². The first kappa shape index (κ1) is 23.0. The number of amides is 2. The summed E-state index contributed by atoms with van der Waals surface area (Å²) in [5, 5.41) is 3.68. The van der Waals surface area contributed by atoms with Gasteiger partial charge in [-0.15, -0.1) is 0 Å². The van der Waals surface area contributed by atoms with Gasteiger partial charge < -0.3 is 10.2 Å². The summed E-state index contributed by atoms with van der Waals surface area (Å²) in [6, 6.07) is 16.2. The van der Waals surface area contributed by atoms with Crippen LogP contribution in [0.2, 0.25) is 5.02 Å². The van der Waals surface area contributed by atoms with E-state index >= 15 is 0 Å². The fraction of sp³-hybridized carbons (Fsp3) is 0.417. The number of halogens is 1. The molecule has 0 radical (unpaired) electrons. The molecule has 2 rings (SSSR count). The number of rotatable bonds is 10. The number of hydrogen-bond acceptors (Lipinski definition) is 2. The summed E-state index contributed by atoms with van der Waals surface area (Å²) in [5.41, 5.74) is 1.75. The second-order valence-electron chi connectivity index (χ2n) is 7.68. The van der Waals surface area contributed by atoms with Crippen molar-refractivity contribution in [2.45, 2.75) is 52.6 Å². The van der Waals surface area contributed by atoms with Crippen molar-refractivity contribution in [2.75, 3.05) is 6.54 Å². The molecule has 5 heteroatoms. The van der Waals surface area contributed by atoms with Gasteiger partial charge in [0.1, 0.15) is 6.04 Å². The molecule has 2 amide bonds. The van der Waals surface area contributed by atoms with Crippen LogP contribution in [-0.4, -0.2) is 23.3 Å². The molecule has 29 heavy (non-hydrogen) atoms. The number of carbonyl (C=O) groups is 2. The maximum Gasteiger partial charge on any atom is 0.247 e. The van der Waals surface area contributed by atoms with Crippen LogP contribution < -0.4 is 5.32 Å². The molecule has 0 spiro atoms. The Labute approximate surface area is 179 Å². The van der Waals surface area contributed by atoms with Gasteiger partial charge in [-0.2, -0.15) is 0 Å². The van der Waals surface area contributed by atoms with E-state index in [2.05, 4.69) is 19.2 Å². The Kier molecular flexibility index (Phi) is 9.20. The molecule has 2 aromatic rings. The lowest BCUT2D eigenvalue weighted by Crippen LogP contribution is -2.43. The molecule has 0 aliphatic carbocycles. The first-order valence-electron chi connectivity index (χ1n) is 10.3. The van der Waals surface area contributed by atoms with Crippen LogP contribution in [-0.2, 0) is 16.1 Å². The van der Waals surface area contributed by atoms with Gasteiger partial charge in [-0.05, 0) is 42.0 Å². The third-order valence-corrected chi connectivity index (χ3v) is 5.00. The van der Waals surface area contributed by atoms with Crippen molar-refractivity contribution < 1.29 is 9.59 Å². The molecule has 0 aromatic heterocycles. The molecule has 0 fully saturated rings. The SMILES string of the molecule is CCCC(=O)N(Cc1ccc(Cl)cc1)[C@@H](C(=O)NCCC(C)C)c1ccccc1. The standard InChI is InChI=1S/C24H31ClN2O2/c1-4-8-22(28)27(17-19-11-13-21(25)14-12-19)23(20-9-6-5-7-10-20)24(29)26-16-15-18(2)3/h5-7,9-14,18,23H,4,8,15-17H2,1-3H3,(H,26,29)/t23-/m1/s1. The van der Waals surface area contributed by atoms with E-state index in [4.69, 9.17) is 11.6 Å². The molecule has 0 aliphatic heterocycles. The molecule has 0 heterocycles. The zero-order chi connectivity index (χ0) is 21.2. The number of nitrogens with one attached hydrogen (secondary N) is 1. The van der Waals surface area contributed by atoms with E-state index in [-0.39, 0.29) is 11.8 Å². The van der Waals surface area contributed by atoms with Crippen LogP contribution in [0.15, 0.2) is 54.6 Å². The Hall–Kier alpha value is -2.33. The average Bonchev–Trinajstić information content (AvgIpc) is 2.69. The molecule has 0 saturated heterocycles. The Bertz CT molecular complexity index is 775. The first-order valence-corrected chi connectivity index (χ1v) is 10.7. The summed E-state index contributed by atoms with van der Waals surface area (Å²) >= 11 is 6.01. The fourth-order valence-corrected chi connectivity index (χ4v) is 3.28. The smallest absolute Gasteiger partial charge is 0.247 e. The predicted molar refractivity (Wildman–Crippen MR) is 119 cm³/mol. The number of benzene rings is 2. The summed E-state index contributed by atoms with van der Waals surface area (Å²) in [4.78, 5) is 27.9. The van der Waals surface area contributed by atoms with Gasteiger partial charge in [0.2, 0.25) is 11.8 Å². The quantitative estimate of drug-likeness (QED) is 0.568. The molecule has 4 nitrogen and oxygen atoms in total. The maximum absolute atomic E-state index is 13.2. The fourth-order valence-electron chi connectivity index (χ4n) is 3.16. The van der Waals surface area contributed by atoms with E-state index in [0.717, 1.165) is 24.0 Å². The van der Waals surface area contributed by atoms with Crippen molar-refractivity contribution in [3.63, 3.8) is 0 Å². The van der Waals surface area contributed by atoms with E-state index in [1.165, 1.54) is 0 Å². The molecule has 0 saturated carbocycles. The molecule has 0 unspecified atom stereocenters. The molecule has 0 bridgehead atoms. The molecular formula is C24H31ClN2O2. The van der Waals surface area contributed by atoms with Crippen LogP contribution in [0.4, 0.5) is 0 Å². The minimum absolute atomic E-state index is 0.0321. The maximum atomic E-state index is 13.2. The highest BCUT2D eigenvalue weighted by atomic mass is 35.5. The minimum Gasteiger partial charge on any atom is -0.354 e. The summed E-state index contributed by atoms with van der Waals surface area (Å²) in [5.74, 6) is 0.322. The van der Waals surface area contributed by atoms with Gasteiger partial charge in [-0.3, -0.25) is 9.59 Å². The zero-order valence-corrected chi connectivity index (χ0v) is 18.3. The van der Waals surface area contributed by atoms with E-state index < -0.39 is 6.04 Å². The largest absolute Gasteiger partial charge is 0.354 e.